The molecule has 0 aliphatic rings. The van der Waals surface area contributed by atoms with Crippen LogP contribution in [0.4, 0.5) is 10.6 Å². The van der Waals surface area contributed by atoms with E-state index in [1.807, 2.05) is 0 Å². The summed E-state index contributed by atoms with van der Waals surface area (Å²) in [7, 11) is 0. The Hall–Kier alpha value is -3.82. The third-order valence-corrected chi connectivity index (χ3v) is 3.83. The van der Waals surface area contributed by atoms with Gasteiger partial charge in [-0.15, -0.1) is 5.10 Å². The number of hydrogen-bond donors (Lipinski definition) is 3. The second-order valence-corrected chi connectivity index (χ2v) is 7.28. The number of urea groups is 1. The number of nitrogens with zero attached hydrogens (tertiary/aromatic N) is 4. The summed E-state index contributed by atoms with van der Waals surface area (Å²) in [4.78, 5) is 32.4. The van der Waals surface area contributed by atoms with Crippen LogP contribution in [-0.2, 0) is 4.79 Å². The van der Waals surface area contributed by atoms with Crippen LogP contribution in [0.5, 0.6) is 11.5 Å². The number of aryl methyl sites for hydroxylation is 1. The van der Waals surface area contributed by atoms with Crippen LogP contribution in [-0.4, -0.2) is 37.3 Å². The fourth-order valence-corrected chi connectivity index (χ4v) is 2.23. The highest BCUT2D eigenvalue weighted by atomic mass is 16.5. The fraction of sp³-hybridized carbons (Fsp3) is 0.263. The van der Waals surface area contributed by atoms with E-state index in [0.29, 0.717) is 34.4 Å². The van der Waals surface area contributed by atoms with Crippen LogP contribution in [0.3, 0.4) is 0 Å². The first-order valence-corrected chi connectivity index (χ1v) is 8.83. The minimum absolute atomic E-state index is 0.298. The van der Waals surface area contributed by atoms with Crippen LogP contribution in [0.15, 0.2) is 36.7 Å². The monoisotopic (exact) mass is 395 g/mol. The molecule has 0 saturated carbocycles. The summed E-state index contributed by atoms with van der Waals surface area (Å²) in [5.74, 6) is 0.982. The van der Waals surface area contributed by atoms with Crippen LogP contribution in [0.25, 0.3) is 11.4 Å². The maximum absolute atomic E-state index is 12.0. The van der Waals surface area contributed by atoms with Gasteiger partial charge in [0.1, 0.15) is 23.0 Å². The third kappa shape index (κ3) is 5.12. The molecule has 3 amide bonds. The van der Waals surface area contributed by atoms with Gasteiger partial charge >= 0.3 is 6.03 Å². The number of pyridine rings is 2. The number of aromatic amines is 1. The Morgan fingerprint density at radius 3 is 2.59 bits per heavy atom. The van der Waals surface area contributed by atoms with Gasteiger partial charge in [0.05, 0.1) is 17.6 Å². The molecule has 0 aromatic carbocycles. The molecule has 0 fully saturated rings. The zero-order valence-electron chi connectivity index (χ0n) is 16.5. The first kappa shape index (κ1) is 19.9. The predicted molar refractivity (Wildman–Crippen MR) is 105 cm³/mol. The zero-order valence-corrected chi connectivity index (χ0v) is 16.5. The maximum Gasteiger partial charge on any atom is 0.327 e. The summed E-state index contributed by atoms with van der Waals surface area (Å²) in [5, 5.41) is 15.0. The van der Waals surface area contributed by atoms with Crippen molar-refractivity contribution in [2.75, 3.05) is 5.32 Å². The van der Waals surface area contributed by atoms with Gasteiger partial charge < -0.3 is 4.74 Å². The van der Waals surface area contributed by atoms with Crippen molar-refractivity contribution >= 4 is 17.8 Å². The number of ether oxygens (including phenoxy) is 1. The Bertz CT molecular complexity index is 1030. The fourth-order valence-electron chi connectivity index (χ4n) is 2.23. The molecule has 29 heavy (non-hydrogen) atoms. The molecule has 3 aromatic heterocycles. The van der Waals surface area contributed by atoms with E-state index < -0.39 is 11.4 Å². The number of carbonyl (C=O) groups excluding carboxylic acids is 2. The Labute approximate surface area is 167 Å². The average molecular weight is 395 g/mol. The SMILES string of the molecule is Cc1nc(NC(=O)NC(=O)C(C)(C)C)ccc1Oc1ccnc(-c2c[nH]nn2)c1. The summed E-state index contributed by atoms with van der Waals surface area (Å²) >= 11 is 0. The predicted octanol–water partition coefficient (Wildman–Crippen LogP) is 3.06. The number of amides is 3. The number of H-pyrrole nitrogens is 1. The second kappa shape index (κ2) is 8.05. The van der Waals surface area contributed by atoms with Gasteiger partial charge in [0.15, 0.2) is 0 Å². The molecule has 0 saturated heterocycles. The van der Waals surface area contributed by atoms with E-state index >= 15 is 0 Å². The second-order valence-electron chi connectivity index (χ2n) is 7.28. The van der Waals surface area contributed by atoms with Crippen LogP contribution in [0, 0.1) is 12.3 Å². The summed E-state index contributed by atoms with van der Waals surface area (Å²) in [6, 6.07) is 6.07. The molecular formula is C19H21N7O3. The first-order chi connectivity index (χ1) is 13.7. The van der Waals surface area contributed by atoms with Crippen molar-refractivity contribution in [1.29, 1.82) is 0 Å². The highest BCUT2D eigenvalue weighted by molar-refractivity contribution is 6.02. The van der Waals surface area contributed by atoms with Gasteiger partial charge in [0.2, 0.25) is 5.91 Å². The number of hydrogen-bond acceptors (Lipinski definition) is 7. The zero-order chi connectivity index (χ0) is 21.0. The van der Waals surface area contributed by atoms with Gasteiger partial charge in [0.25, 0.3) is 0 Å². The lowest BCUT2D eigenvalue weighted by molar-refractivity contribution is -0.127. The molecule has 10 nitrogen and oxygen atoms in total. The summed E-state index contributed by atoms with van der Waals surface area (Å²) in [6.45, 7) is 6.91. The molecule has 3 N–H and O–H groups in total. The van der Waals surface area contributed by atoms with Gasteiger partial charge in [-0.2, -0.15) is 0 Å². The van der Waals surface area contributed by atoms with Crippen molar-refractivity contribution in [2.24, 2.45) is 5.41 Å². The molecule has 0 unspecified atom stereocenters. The normalized spacial score (nSPS) is 11.0. The molecule has 0 aliphatic heterocycles. The lowest BCUT2D eigenvalue weighted by Gasteiger charge is -2.17. The quantitative estimate of drug-likeness (QED) is 0.618. The molecule has 0 atom stereocenters. The van der Waals surface area contributed by atoms with E-state index in [0.717, 1.165) is 0 Å². The van der Waals surface area contributed by atoms with Crippen molar-refractivity contribution in [1.82, 2.24) is 30.7 Å². The van der Waals surface area contributed by atoms with E-state index in [2.05, 4.69) is 36.0 Å². The Balaban J connectivity index is 1.68. The number of rotatable bonds is 4. The largest absolute Gasteiger partial charge is 0.455 e. The number of imide groups is 1. The smallest absolute Gasteiger partial charge is 0.327 e. The minimum Gasteiger partial charge on any atom is -0.455 e. The average Bonchev–Trinajstić information content (AvgIpc) is 3.18. The van der Waals surface area contributed by atoms with Crippen molar-refractivity contribution in [3.63, 3.8) is 0 Å². The number of carbonyl (C=O) groups is 2. The van der Waals surface area contributed by atoms with Crippen molar-refractivity contribution in [3.05, 3.63) is 42.4 Å². The molecule has 3 heterocycles. The topological polar surface area (TPSA) is 135 Å². The summed E-state index contributed by atoms with van der Waals surface area (Å²) < 4.78 is 5.87. The van der Waals surface area contributed by atoms with Crippen molar-refractivity contribution in [3.8, 4) is 22.9 Å². The minimum atomic E-state index is -0.673. The van der Waals surface area contributed by atoms with Gasteiger partial charge in [0, 0.05) is 17.7 Å². The lowest BCUT2D eigenvalue weighted by atomic mass is 9.96. The van der Waals surface area contributed by atoms with E-state index in [1.54, 1.807) is 64.4 Å². The molecule has 10 heteroatoms. The van der Waals surface area contributed by atoms with E-state index in [1.165, 1.54) is 0 Å². The molecule has 0 bridgehead atoms. The van der Waals surface area contributed by atoms with Gasteiger partial charge in [-0.1, -0.05) is 26.0 Å². The van der Waals surface area contributed by atoms with Crippen LogP contribution in [0.1, 0.15) is 26.5 Å². The number of aromatic nitrogens is 5. The van der Waals surface area contributed by atoms with Crippen LogP contribution >= 0.6 is 0 Å². The van der Waals surface area contributed by atoms with Gasteiger partial charge in [-0.3, -0.25) is 25.5 Å². The van der Waals surface area contributed by atoms with Crippen molar-refractivity contribution in [2.45, 2.75) is 27.7 Å². The number of anilines is 1. The Kier molecular flexibility index (Phi) is 5.53. The molecule has 0 spiro atoms. The highest BCUT2D eigenvalue weighted by Crippen LogP contribution is 2.27. The van der Waals surface area contributed by atoms with Crippen LogP contribution < -0.4 is 15.4 Å². The standard InChI is InChI=1S/C19H21N7O3/c1-11-15(29-12-7-8-20-13(9-12)14-10-21-26-25-14)5-6-16(22-11)23-18(28)24-17(27)19(2,3)4/h5-10H,1-4H3,(H,21,25,26)(H2,22,23,24,27,28). The highest BCUT2D eigenvalue weighted by Gasteiger charge is 2.23. The Morgan fingerprint density at radius 2 is 1.93 bits per heavy atom. The summed E-state index contributed by atoms with van der Waals surface area (Å²) in [5.41, 5.74) is 1.10. The lowest BCUT2D eigenvalue weighted by Crippen LogP contribution is -2.41. The Morgan fingerprint density at radius 1 is 1.14 bits per heavy atom. The van der Waals surface area contributed by atoms with Crippen LogP contribution in [0.2, 0.25) is 0 Å². The third-order valence-electron chi connectivity index (χ3n) is 3.83. The molecule has 150 valence electrons. The van der Waals surface area contributed by atoms with Crippen molar-refractivity contribution < 1.29 is 14.3 Å². The van der Waals surface area contributed by atoms with Gasteiger partial charge in [-0.05, 0) is 25.1 Å². The number of nitrogens with one attached hydrogen (secondary N) is 3. The summed E-state index contributed by atoms with van der Waals surface area (Å²) in [6.07, 6.45) is 3.24. The molecule has 3 rings (SSSR count). The molecule has 0 aliphatic carbocycles. The van der Waals surface area contributed by atoms with E-state index in [4.69, 9.17) is 4.74 Å². The van der Waals surface area contributed by atoms with E-state index in [-0.39, 0.29) is 5.91 Å². The molecular weight excluding hydrogens is 374 g/mol. The molecule has 0 radical (unpaired) electrons. The van der Waals surface area contributed by atoms with Gasteiger partial charge in [-0.25, -0.2) is 9.78 Å². The maximum atomic E-state index is 12.0. The first-order valence-electron chi connectivity index (χ1n) is 8.83. The van der Waals surface area contributed by atoms with E-state index in [9.17, 15) is 9.59 Å². The molecule has 3 aromatic rings.